The lowest BCUT2D eigenvalue weighted by Gasteiger charge is -2.01. The number of halogens is 1. The highest BCUT2D eigenvalue weighted by atomic mass is 35.5. The molecule has 1 aliphatic rings. The molecule has 0 saturated heterocycles. The van der Waals surface area contributed by atoms with Gasteiger partial charge in [-0.3, -0.25) is 9.79 Å². The third-order valence-electron chi connectivity index (χ3n) is 1.37. The van der Waals surface area contributed by atoms with Gasteiger partial charge in [-0.2, -0.15) is 0 Å². The Hall–Kier alpha value is -0.220. The minimum Gasteiger partial charge on any atom is -0.305 e. The van der Waals surface area contributed by atoms with Crippen LogP contribution in [0.25, 0.3) is 0 Å². The molecule has 0 saturated carbocycles. The van der Waals surface area contributed by atoms with Gasteiger partial charge in [-0.25, -0.2) is 0 Å². The lowest BCUT2D eigenvalue weighted by Crippen LogP contribution is -2.26. The van der Waals surface area contributed by atoms with E-state index in [0.717, 1.165) is 23.9 Å². The van der Waals surface area contributed by atoms with Crippen LogP contribution < -0.4 is 5.32 Å². The first-order chi connectivity index (χ1) is 5.83. The summed E-state index contributed by atoms with van der Waals surface area (Å²) >= 11 is 7.04. The molecule has 0 unspecified atom stereocenters. The molecule has 68 valence electrons. The largest absolute Gasteiger partial charge is 0.305 e. The average molecular weight is 207 g/mol. The van der Waals surface area contributed by atoms with Crippen molar-refractivity contribution in [3.8, 4) is 0 Å². The van der Waals surface area contributed by atoms with Crippen molar-refractivity contribution in [2.75, 3.05) is 18.2 Å². The average Bonchev–Trinajstić information content (AvgIpc) is 2.53. The number of thioether (sulfide) groups is 1. The summed E-state index contributed by atoms with van der Waals surface area (Å²) in [5, 5.41) is 3.49. The lowest BCUT2D eigenvalue weighted by atomic mass is 10.3. The van der Waals surface area contributed by atoms with Gasteiger partial charge in [0.2, 0.25) is 5.91 Å². The second-order valence-electron chi connectivity index (χ2n) is 2.38. The summed E-state index contributed by atoms with van der Waals surface area (Å²) in [6.45, 7) is 0.815. The molecule has 1 amide bonds. The Kier molecular flexibility index (Phi) is 4.46. The van der Waals surface area contributed by atoms with E-state index in [4.69, 9.17) is 11.6 Å². The van der Waals surface area contributed by atoms with E-state index in [1.807, 2.05) is 0 Å². The first kappa shape index (κ1) is 9.86. The minimum absolute atomic E-state index is 0.0174. The van der Waals surface area contributed by atoms with Crippen LogP contribution >= 0.6 is 23.4 Å². The van der Waals surface area contributed by atoms with E-state index < -0.39 is 0 Å². The number of rotatable bonds is 3. The molecule has 0 aromatic carbocycles. The van der Waals surface area contributed by atoms with E-state index in [0.29, 0.717) is 12.3 Å². The van der Waals surface area contributed by atoms with Crippen molar-refractivity contribution in [2.45, 2.75) is 12.8 Å². The van der Waals surface area contributed by atoms with Gasteiger partial charge < -0.3 is 5.32 Å². The molecule has 0 fully saturated rings. The molecule has 0 aromatic heterocycles. The summed E-state index contributed by atoms with van der Waals surface area (Å²) in [5.41, 5.74) is 0. The van der Waals surface area contributed by atoms with Gasteiger partial charge in [0.05, 0.1) is 6.54 Å². The van der Waals surface area contributed by atoms with Crippen LogP contribution in [0.2, 0.25) is 0 Å². The number of carbonyl (C=O) groups is 1. The zero-order valence-electron chi connectivity index (χ0n) is 6.68. The zero-order valence-corrected chi connectivity index (χ0v) is 8.25. The van der Waals surface area contributed by atoms with Crippen LogP contribution in [0.15, 0.2) is 4.99 Å². The molecule has 1 N–H and O–H groups in total. The minimum atomic E-state index is 0.0174. The fourth-order valence-electron chi connectivity index (χ4n) is 0.820. The highest BCUT2D eigenvalue weighted by molar-refractivity contribution is 8.14. The zero-order chi connectivity index (χ0) is 8.81. The summed E-state index contributed by atoms with van der Waals surface area (Å²) in [7, 11) is 0. The molecule has 1 rings (SSSR count). The maximum atomic E-state index is 11.1. The van der Waals surface area contributed by atoms with E-state index in [9.17, 15) is 4.79 Å². The number of carbonyl (C=O) groups excluding carboxylic acids is 1. The number of hydrogen-bond acceptors (Lipinski definition) is 3. The second kappa shape index (κ2) is 5.43. The van der Waals surface area contributed by atoms with Crippen LogP contribution in [0.3, 0.4) is 0 Å². The van der Waals surface area contributed by atoms with Gasteiger partial charge in [0.25, 0.3) is 0 Å². The number of amides is 1. The molecule has 5 heteroatoms. The third-order valence-corrected chi connectivity index (χ3v) is 2.53. The van der Waals surface area contributed by atoms with Gasteiger partial charge >= 0.3 is 0 Å². The summed E-state index contributed by atoms with van der Waals surface area (Å²) in [6, 6.07) is 0. The van der Waals surface area contributed by atoms with Crippen LogP contribution in [-0.2, 0) is 4.79 Å². The fourth-order valence-corrected chi connectivity index (χ4v) is 1.70. The van der Waals surface area contributed by atoms with E-state index >= 15 is 0 Å². The Morgan fingerprint density at radius 2 is 2.58 bits per heavy atom. The molecule has 0 spiro atoms. The van der Waals surface area contributed by atoms with Crippen LogP contribution in [0.4, 0.5) is 0 Å². The first-order valence-electron chi connectivity index (χ1n) is 3.86. The van der Waals surface area contributed by atoms with Gasteiger partial charge in [0.15, 0.2) is 5.17 Å². The second-order valence-corrected chi connectivity index (χ2v) is 3.84. The highest BCUT2D eigenvalue weighted by Crippen LogP contribution is 2.08. The molecule has 0 atom stereocenters. The van der Waals surface area contributed by atoms with Crippen LogP contribution in [0, 0.1) is 0 Å². The van der Waals surface area contributed by atoms with Gasteiger partial charge in [-0.05, 0) is 6.42 Å². The summed E-state index contributed by atoms with van der Waals surface area (Å²) in [4.78, 5) is 15.2. The first-order valence-corrected chi connectivity index (χ1v) is 5.38. The Morgan fingerprint density at radius 1 is 1.75 bits per heavy atom. The van der Waals surface area contributed by atoms with E-state index in [1.165, 1.54) is 0 Å². The number of alkyl halides is 1. The molecule has 0 aromatic rings. The third kappa shape index (κ3) is 3.45. The lowest BCUT2D eigenvalue weighted by molar-refractivity contribution is -0.119. The smallest absolute Gasteiger partial charge is 0.225 e. The molecule has 1 aliphatic heterocycles. The number of amidine groups is 1. The Morgan fingerprint density at radius 3 is 3.17 bits per heavy atom. The molecular formula is C7H11ClN2OS. The molecule has 0 bridgehead atoms. The van der Waals surface area contributed by atoms with Crippen molar-refractivity contribution in [3.05, 3.63) is 0 Å². The quantitative estimate of drug-likeness (QED) is 0.706. The molecular weight excluding hydrogens is 196 g/mol. The molecule has 0 aliphatic carbocycles. The number of nitrogens with zero attached hydrogens (tertiary/aromatic N) is 1. The number of nitrogens with one attached hydrogen (secondary N) is 1. The van der Waals surface area contributed by atoms with E-state index in [2.05, 4.69) is 10.3 Å². The van der Waals surface area contributed by atoms with E-state index in [1.54, 1.807) is 11.8 Å². The SMILES string of the molecule is O=C(CCCCl)NC1=NCCS1. The summed E-state index contributed by atoms with van der Waals surface area (Å²) < 4.78 is 0. The standard InChI is InChI=1S/C7H11ClN2OS/c8-3-1-2-6(11)10-7-9-4-5-12-7/h1-5H2,(H,9,10,11). The van der Waals surface area contributed by atoms with Crippen LogP contribution in [0.5, 0.6) is 0 Å². The van der Waals surface area contributed by atoms with Gasteiger partial charge in [0, 0.05) is 18.1 Å². The van der Waals surface area contributed by atoms with Crippen molar-refractivity contribution in [2.24, 2.45) is 4.99 Å². The fraction of sp³-hybridized carbons (Fsp3) is 0.714. The van der Waals surface area contributed by atoms with E-state index in [-0.39, 0.29) is 5.91 Å². The van der Waals surface area contributed by atoms with Crippen molar-refractivity contribution in [1.82, 2.24) is 5.32 Å². The summed E-state index contributed by atoms with van der Waals surface area (Å²) in [6.07, 6.45) is 1.22. The topological polar surface area (TPSA) is 41.5 Å². The molecule has 0 radical (unpaired) electrons. The monoisotopic (exact) mass is 206 g/mol. The Bertz CT molecular complexity index is 196. The predicted molar refractivity (Wildman–Crippen MR) is 52.9 cm³/mol. The molecule has 12 heavy (non-hydrogen) atoms. The molecule has 1 heterocycles. The maximum Gasteiger partial charge on any atom is 0.225 e. The van der Waals surface area contributed by atoms with Gasteiger partial charge in [-0.1, -0.05) is 11.8 Å². The molecule has 3 nitrogen and oxygen atoms in total. The van der Waals surface area contributed by atoms with Gasteiger partial charge in [-0.15, -0.1) is 11.6 Å². The number of hydrogen-bond donors (Lipinski definition) is 1. The van der Waals surface area contributed by atoms with Crippen LogP contribution in [-0.4, -0.2) is 29.3 Å². The Labute approximate surface area is 81.0 Å². The highest BCUT2D eigenvalue weighted by Gasteiger charge is 2.09. The van der Waals surface area contributed by atoms with Crippen molar-refractivity contribution < 1.29 is 4.79 Å². The summed E-state index contributed by atoms with van der Waals surface area (Å²) in [5.74, 6) is 1.53. The predicted octanol–water partition coefficient (Wildman–Crippen LogP) is 1.22. The van der Waals surface area contributed by atoms with Crippen molar-refractivity contribution >= 4 is 34.4 Å². The normalized spacial score (nSPS) is 15.9. The Balaban J connectivity index is 2.17. The van der Waals surface area contributed by atoms with Crippen molar-refractivity contribution in [3.63, 3.8) is 0 Å². The van der Waals surface area contributed by atoms with Gasteiger partial charge in [0.1, 0.15) is 0 Å². The van der Waals surface area contributed by atoms with Crippen molar-refractivity contribution in [1.29, 1.82) is 0 Å². The number of aliphatic imine (C=N–C) groups is 1. The van der Waals surface area contributed by atoms with Crippen LogP contribution in [0.1, 0.15) is 12.8 Å². The maximum absolute atomic E-state index is 11.1.